The van der Waals surface area contributed by atoms with Crippen molar-refractivity contribution in [2.45, 2.75) is 70.2 Å². The number of hydrogen-bond donors (Lipinski definition) is 1. The van der Waals surface area contributed by atoms with E-state index < -0.39 is 24.8 Å². The van der Waals surface area contributed by atoms with Crippen LogP contribution in [-0.4, -0.2) is 44.1 Å². The maximum atomic E-state index is 13.5. The van der Waals surface area contributed by atoms with Crippen molar-refractivity contribution < 1.29 is 31.8 Å². The van der Waals surface area contributed by atoms with Gasteiger partial charge in [0.05, 0.1) is 17.2 Å². The number of benzene rings is 1. The second kappa shape index (κ2) is 10.5. The van der Waals surface area contributed by atoms with Crippen molar-refractivity contribution in [3.05, 3.63) is 39.6 Å². The van der Waals surface area contributed by atoms with Gasteiger partial charge in [-0.1, -0.05) is 25.4 Å². The van der Waals surface area contributed by atoms with Crippen LogP contribution < -0.4 is 5.32 Å². The topological polar surface area (TPSA) is 56.8 Å². The number of halogens is 4. The summed E-state index contributed by atoms with van der Waals surface area (Å²) in [5, 5.41) is 3.65. The van der Waals surface area contributed by atoms with Crippen molar-refractivity contribution in [3.63, 3.8) is 0 Å². The number of hydrogen-bond acceptors (Lipinski definition) is 5. The van der Waals surface area contributed by atoms with Gasteiger partial charge in [0, 0.05) is 18.8 Å². The summed E-state index contributed by atoms with van der Waals surface area (Å²) in [4.78, 5) is 13.5. The molecule has 0 saturated heterocycles. The Morgan fingerprint density at radius 2 is 1.76 bits per heavy atom. The van der Waals surface area contributed by atoms with Crippen LogP contribution in [0.1, 0.15) is 56.2 Å². The molecule has 190 valence electrons. The maximum Gasteiger partial charge on any atom is 0.412 e. The fourth-order valence-electron chi connectivity index (χ4n) is 4.70. The van der Waals surface area contributed by atoms with E-state index in [9.17, 15) is 18.0 Å². The van der Waals surface area contributed by atoms with E-state index in [2.05, 4.69) is 5.32 Å². The van der Waals surface area contributed by atoms with Gasteiger partial charge in [-0.3, -0.25) is 4.79 Å². The average Bonchev–Trinajstić information content (AvgIpc) is 3.01. The highest BCUT2D eigenvalue weighted by Crippen LogP contribution is 2.55. The van der Waals surface area contributed by atoms with Crippen LogP contribution in [0.2, 0.25) is 5.02 Å². The van der Waals surface area contributed by atoms with Crippen molar-refractivity contribution >= 4 is 41.4 Å². The number of amides is 1. The summed E-state index contributed by atoms with van der Waals surface area (Å²) < 4.78 is 55.2. The predicted octanol–water partition coefficient (Wildman–Crippen LogP) is 6.17. The monoisotopic (exact) mass is 539 g/mol. The number of alkyl halides is 3. The van der Waals surface area contributed by atoms with Crippen LogP contribution in [0, 0.1) is 0 Å². The molecule has 3 rings (SSSR count). The molecule has 5 nitrogen and oxygen atoms in total. The molecule has 1 atom stereocenters. The second-order valence-corrected chi connectivity index (χ2v) is 13.1. The summed E-state index contributed by atoms with van der Waals surface area (Å²) in [6.07, 6.45) is -0.939. The van der Waals surface area contributed by atoms with Gasteiger partial charge >= 0.3 is 6.18 Å². The van der Waals surface area contributed by atoms with Gasteiger partial charge in [-0.15, -0.1) is 0 Å². The Balaban J connectivity index is 2.17. The molecule has 0 aromatic heterocycles. The molecule has 2 aliphatic rings. The Kier molecular flexibility index (Phi) is 8.46. The summed E-state index contributed by atoms with van der Waals surface area (Å²) in [6.45, 7) is 0.377. The zero-order valence-electron chi connectivity index (χ0n) is 19.7. The number of carbonyl (C=O) groups is 1. The SMILES string of the molecule is CCc1cc(Cl)cc(CC)c1C1=C(OP(C)(=S)OCC(F)(F)F)C2(CCC(OC)CC2)NC1=O. The minimum absolute atomic E-state index is 0.0342. The first-order valence-electron chi connectivity index (χ1n) is 11.2. The van der Waals surface area contributed by atoms with E-state index in [1.807, 2.05) is 26.0 Å². The molecule has 34 heavy (non-hydrogen) atoms. The highest BCUT2D eigenvalue weighted by Gasteiger charge is 2.51. The first-order chi connectivity index (χ1) is 15.8. The smallest absolute Gasteiger partial charge is 0.412 e. The largest absolute Gasteiger partial charge is 0.445 e. The van der Waals surface area contributed by atoms with Gasteiger partial charge < -0.3 is 19.1 Å². The molecule has 1 heterocycles. The van der Waals surface area contributed by atoms with Crippen LogP contribution in [0.4, 0.5) is 13.2 Å². The van der Waals surface area contributed by atoms with Crippen molar-refractivity contribution in [2.24, 2.45) is 0 Å². The number of rotatable bonds is 8. The van der Waals surface area contributed by atoms with Crippen molar-refractivity contribution in [1.82, 2.24) is 5.32 Å². The van der Waals surface area contributed by atoms with Gasteiger partial charge in [-0.2, -0.15) is 13.2 Å². The lowest BCUT2D eigenvalue weighted by Crippen LogP contribution is -2.48. The third-order valence-electron chi connectivity index (χ3n) is 6.36. The zero-order chi connectivity index (χ0) is 25.3. The van der Waals surface area contributed by atoms with E-state index in [0.29, 0.717) is 54.7 Å². The lowest BCUT2D eigenvalue weighted by atomic mass is 9.78. The Bertz CT molecular complexity index is 997. The lowest BCUT2D eigenvalue weighted by Gasteiger charge is -2.39. The Labute approximate surface area is 208 Å². The molecule has 1 spiro atoms. The van der Waals surface area contributed by atoms with Crippen LogP contribution in [0.3, 0.4) is 0 Å². The molecule has 1 aliphatic carbocycles. The molecule has 1 N–H and O–H groups in total. The molecular weight excluding hydrogens is 510 g/mol. The van der Waals surface area contributed by atoms with Gasteiger partial charge in [-0.05, 0) is 79.2 Å². The molecule has 1 amide bonds. The van der Waals surface area contributed by atoms with Crippen LogP contribution in [0.15, 0.2) is 17.9 Å². The van der Waals surface area contributed by atoms with Crippen molar-refractivity contribution in [1.29, 1.82) is 0 Å². The van der Waals surface area contributed by atoms with Crippen molar-refractivity contribution in [3.8, 4) is 0 Å². The standard InChI is InChI=1S/C23H30ClF3NO4PS/c1-5-14-11-16(24)12-15(6-2)18(14)19-20(32-33(4,34)31-13-23(25,26)27)22(28-21(19)29)9-7-17(30-3)8-10-22/h11-12,17H,5-10,13H2,1-4H3,(H,28,29). The molecule has 1 fully saturated rings. The summed E-state index contributed by atoms with van der Waals surface area (Å²) in [5.74, 6) is -0.0461. The number of carbonyl (C=O) groups excluding carboxylic acids is 1. The molecule has 0 bridgehead atoms. The van der Waals surface area contributed by atoms with E-state index in [4.69, 9.17) is 37.2 Å². The molecule has 1 unspecified atom stereocenters. The highest BCUT2D eigenvalue weighted by atomic mass is 35.5. The molecular formula is C23H30ClF3NO4PS. The van der Waals surface area contributed by atoms with Gasteiger partial charge in [0.15, 0.2) is 6.61 Å². The molecule has 1 aromatic carbocycles. The first-order valence-corrected chi connectivity index (χ1v) is 14.7. The van der Waals surface area contributed by atoms with Crippen LogP contribution in [0.25, 0.3) is 5.57 Å². The molecule has 0 radical (unpaired) electrons. The minimum atomic E-state index is -4.54. The minimum Gasteiger partial charge on any atom is -0.445 e. The highest BCUT2D eigenvalue weighted by molar-refractivity contribution is 8.09. The van der Waals surface area contributed by atoms with Crippen LogP contribution in [0.5, 0.6) is 0 Å². The van der Waals surface area contributed by atoms with E-state index in [1.54, 1.807) is 7.11 Å². The number of nitrogens with one attached hydrogen (secondary N) is 1. The van der Waals surface area contributed by atoms with E-state index in [-0.39, 0.29) is 17.8 Å². The van der Waals surface area contributed by atoms with Crippen LogP contribution >= 0.6 is 18.1 Å². The van der Waals surface area contributed by atoms with E-state index >= 15 is 0 Å². The Hall–Kier alpha value is -1.12. The Morgan fingerprint density at radius 1 is 1.21 bits per heavy atom. The average molecular weight is 540 g/mol. The Morgan fingerprint density at radius 3 is 2.24 bits per heavy atom. The summed E-state index contributed by atoms with van der Waals surface area (Å²) in [7, 11) is 1.64. The lowest BCUT2D eigenvalue weighted by molar-refractivity contribution is -0.153. The van der Waals surface area contributed by atoms with Crippen LogP contribution in [-0.2, 0) is 43.2 Å². The summed E-state index contributed by atoms with van der Waals surface area (Å²) in [5.41, 5.74) is 1.86. The van der Waals surface area contributed by atoms with Gasteiger partial charge in [-0.25, -0.2) is 0 Å². The summed E-state index contributed by atoms with van der Waals surface area (Å²) in [6, 6.07) is 3.62. The number of methoxy groups -OCH3 is 1. The third-order valence-corrected chi connectivity index (χ3v) is 8.23. The molecule has 1 aliphatic heterocycles. The fourth-order valence-corrected chi connectivity index (χ4v) is 6.37. The summed E-state index contributed by atoms with van der Waals surface area (Å²) >= 11 is 11.7. The second-order valence-electron chi connectivity index (χ2n) is 8.73. The first kappa shape index (κ1) is 27.5. The predicted molar refractivity (Wildman–Crippen MR) is 131 cm³/mol. The van der Waals surface area contributed by atoms with E-state index in [0.717, 1.165) is 11.1 Å². The number of ether oxygens (including phenoxy) is 1. The zero-order valence-corrected chi connectivity index (χ0v) is 22.1. The van der Waals surface area contributed by atoms with E-state index in [1.165, 1.54) is 6.66 Å². The fraction of sp³-hybridized carbons (Fsp3) is 0.609. The van der Waals surface area contributed by atoms with Gasteiger partial charge in [0.25, 0.3) is 5.91 Å². The quantitative estimate of drug-likeness (QED) is 0.401. The number of aryl methyl sites for hydroxylation is 2. The molecule has 1 saturated carbocycles. The van der Waals surface area contributed by atoms with Crippen molar-refractivity contribution in [2.75, 3.05) is 20.4 Å². The van der Waals surface area contributed by atoms with Gasteiger partial charge in [0.2, 0.25) is 6.49 Å². The normalized spacial score (nSPS) is 24.9. The maximum absolute atomic E-state index is 13.5. The van der Waals surface area contributed by atoms with Gasteiger partial charge in [0.1, 0.15) is 5.76 Å². The molecule has 1 aromatic rings. The molecule has 11 heteroatoms. The third kappa shape index (κ3) is 5.98.